The number of rotatable bonds is 7. The summed E-state index contributed by atoms with van der Waals surface area (Å²) in [5.74, 6) is 0.508. The van der Waals surface area contributed by atoms with Crippen LogP contribution in [0.4, 0.5) is 0 Å². The average Bonchev–Trinajstić information content (AvgIpc) is 2.62. The SMILES string of the molecule is CCOc1cc(/C=N/NC(=O)COc2cc(C)c(Cl)c(C)c2)cc(Br)c1O. The lowest BCUT2D eigenvalue weighted by molar-refractivity contribution is -0.123. The van der Waals surface area contributed by atoms with E-state index in [1.807, 2.05) is 20.8 Å². The number of carbonyl (C=O) groups is 1. The number of halogens is 2. The molecule has 144 valence electrons. The number of hydrogen-bond acceptors (Lipinski definition) is 5. The number of nitrogens with zero attached hydrogens (tertiary/aromatic N) is 1. The Bertz CT molecular complexity index is 848. The number of aryl methyl sites for hydroxylation is 2. The minimum atomic E-state index is -0.403. The Kier molecular flexibility index (Phi) is 7.50. The van der Waals surface area contributed by atoms with Gasteiger partial charge in [0, 0.05) is 5.02 Å². The molecular weight excluding hydrogens is 436 g/mol. The number of hydrazone groups is 1. The van der Waals surface area contributed by atoms with Gasteiger partial charge in [-0.05, 0) is 77.7 Å². The van der Waals surface area contributed by atoms with E-state index in [1.165, 1.54) is 6.21 Å². The van der Waals surface area contributed by atoms with Crippen LogP contribution >= 0.6 is 27.5 Å². The molecule has 0 bridgehead atoms. The Hall–Kier alpha value is -2.25. The summed E-state index contributed by atoms with van der Waals surface area (Å²) in [6.07, 6.45) is 1.45. The van der Waals surface area contributed by atoms with Gasteiger partial charge in [-0.15, -0.1) is 0 Å². The van der Waals surface area contributed by atoms with Gasteiger partial charge < -0.3 is 14.6 Å². The zero-order valence-electron chi connectivity index (χ0n) is 15.2. The van der Waals surface area contributed by atoms with Crippen LogP contribution in [0.1, 0.15) is 23.6 Å². The average molecular weight is 456 g/mol. The Balaban J connectivity index is 1.94. The van der Waals surface area contributed by atoms with E-state index in [1.54, 1.807) is 24.3 Å². The number of ether oxygens (including phenoxy) is 2. The molecule has 0 aliphatic rings. The molecule has 0 unspecified atom stereocenters. The second kappa shape index (κ2) is 9.62. The van der Waals surface area contributed by atoms with Gasteiger partial charge in [-0.3, -0.25) is 4.79 Å². The minimum absolute atomic E-state index is 0.0139. The molecule has 27 heavy (non-hydrogen) atoms. The van der Waals surface area contributed by atoms with E-state index < -0.39 is 5.91 Å². The Morgan fingerprint density at radius 1 is 1.26 bits per heavy atom. The second-order valence-electron chi connectivity index (χ2n) is 5.74. The van der Waals surface area contributed by atoms with Crippen molar-refractivity contribution >= 4 is 39.7 Å². The number of nitrogens with one attached hydrogen (secondary N) is 1. The van der Waals surface area contributed by atoms with Crippen molar-refractivity contribution in [3.05, 3.63) is 50.5 Å². The normalized spacial score (nSPS) is 10.9. The molecule has 0 spiro atoms. The molecule has 0 saturated heterocycles. The summed E-state index contributed by atoms with van der Waals surface area (Å²) in [7, 11) is 0. The minimum Gasteiger partial charge on any atom is -0.503 e. The standard InChI is InChI=1S/C19H20BrClN2O4/c1-4-26-16-8-13(7-15(20)19(16)25)9-22-23-17(24)10-27-14-5-11(2)18(21)12(3)6-14/h5-9,25H,4,10H2,1-3H3,(H,23,24)/b22-9+. The van der Waals surface area contributed by atoms with E-state index in [0.29, 0.717) is 33.2 Å². The van der Waals surface area contributed by atoms with Crippen LogP contribution in [0.15, 0.2) is 33.8 Å². The molecule has 6 nitrogen and oxygen atoms in total. The van der Waals surface area contributed by atoms with Crippen LogP contribution in [0.2, 0.25) is 5.02 Å². The molecule has 0 aromatic heterocycles. The van der Waals surface area contributed by atoms with Gasteiger partial charge in [-0.25, -0.2) is 5.43 Å². The fourth-order valence-corrected chi connectivity index (χ4v) is 2.85. The van der Waals surface area contributed by atoms with Crippen molar-refractivity contribution in [2.24, 2.45) is 5.10 Å². The van der Waals surface area contributed by atoms with E-state index in [-0.39, 0.29) is 12.4 Å². The molecule has 2 aromatic rings. The number of aromatic hydroxyl groups is 1. The van der Waals surface area contributed by atoms with Crippen LogP contribution < -0.4 is 14.9 Å². The van der Waals surface area contributed by atoms with Gasteiger partial charge in [-0.2, -0.15) is 5.10 Å². The van der Waals surface area contributed by atoms with Crippen molar-refractivity contribution in [2.75, 3.05) is 13.2 Å². The lowest BCUT2D eigenvalue weighted by atomic mass is 10.1. The van der Waals surface area contributed by atoms with E-state index in [4.69, 9.17) is 21.1 Å². The van der Waals surface area contributed by atoms with Crippen molar-refractivity contribution in [1.82, 2.24) is 5.43 Å². The van der Waals surface area contributed by atoms with Crippen molar-refractivity contribution in [1.29, 1.82) is 0 Å². The summed E-state index contributed by atoms with van der Waals surface area (Å²) in [5, 5.41) is 14.5. The zero-order valence-corrected chi connectivity index (χ0v) is 17.5. The molecule has 0 fully saturated rings. The molecule has 2 rings (SSSR count). The lowest BCUT2D eigenvalue weighted by Gasteiger charge is -2.09. The summed E-state index contributed by atoms with van der Waals surface area (Å²) in [6, 6.07) is 6.82. The molecule has 2 N–H and O–H groups in total. The third-order valence-corrected chi connectivity index (χ3v) is 4.73. The molecular formula is C19H20BrClN2O4. The number of benzene rings is 2. The highest BCUT2D eigenvalue weighted by Gasteiger charge is 2.09. The molecule has 0 radical (unpaired) electrons. The molecule has 0 heterocycles. The summed E-state index contributed by atoms with van der Waals surface area (Å²) < 4.78 is 11.3. The van der Waals surface area contributed by atoms with Crippen LogP contribution in [0, 0.1) is 13.8 Å². The van der Waals surface area contributed by atoms with Crippen molar-refractivity contribution < 1.29 is 19.4 Å². The largest absolute Gasteiger partial charge is 0.503 e. The predicted molar refractivity (Wildman–Crippen MR) is 109 cm³/mol. The number of phenols is 1. The maximum Gasteiger partial charge on any atom is 0.277 e. The van der Waals surface area contributed by atoms with Crippen LogP contribution in [-0.4, -0.2) is 30.4 Å². The number of amides is 1. The lowest BCUT2D eigenvalue weighted by Crippen LogP contribution is -2.24. The van der Waals surface area contributed by atoms with Gasteiger partial charge in [0.25, 0.3) is 5.91 Å². The van der Waals surface area contributed by atoms with Crippen molar-refractivity contribution in [3.63, 3.8) is 0 Å². The van der Waals surface area contributed by atoms with Gasteiger partial charge in [-0.1, -0.05) is 11.6 Å². The maximum atomic E-state index is 11.9. The summed E-state index contributed by atoms with van der Waals surface area (Å²) in [5.41, 5.74) is 4.80. The molecule has 8 heteroatoms. The Morgan fingerprint density at radius 3 is 2.56 bits per heavy atom. The summed E-state index contributed by atoms with van der Waals surface area (Å²) in [4.78, 5) is 11.9. The highest BCUT2D eigenvalue weighted by Crippen LogP contribution is 2.35. The first-order valence-electron chi connectivity index (χ1n) is 8.18. The van der Waals surface area contributed by atoms with E-state index in [9.17, 15) is 9.90 Å². The van der Waals surface area contributed by atoms with E-state index in [0.717, 1.165) is 11.1 Å². The van der Waals surface area contributed by atoms with Gasteiger partial charge >= 0.3 is 0 Å². The number of phenolic OH excluding ortho intramolecular Hbond substituents is 1. The van der Waals surface area contributed by atoms with Gasteiger partial charge in [0.2, 0.25) is 0 Å². The second-order valence-corrected chi connectivity index (χ2v) is 6.97. The fraction of sp³-hybridized carbons (Fsp3) is 0.263. The van der Waals surface area contributed by atoms with Crippen LogP contribution in [0.5, 0.6) is 17.2 Å². The van der Waals surface area contributed by atoms with Crippen molar-refractivity contribution in [3.8, 4) is 17.2 Å². The van der Waals surface area contributed by atoms with E-state index >= 15 is 0 Å². The molecule has 0 saturated carbocycles. The highest BCUT2D eigenvalue weighted by atomic mass is 79.9. The molecule has 0 aliphatic carbocycles. The first kappa shape index (κ1) is 21.1. The zero-order chi connectivity index (χ0) is 20.0. The monoisotopic (exact) mass is 454 g/mol. The molecule has 1 amide bonds. The smallest absolute Gasteiger partial charge is 0.277 e. The molecule has 0 atom stereocenters. The fourth-order valence-electron chi connectivity index (χ4n) is 2.28. The quantitative estimate of drug-likeness (QED) is 0.480. The topological polar surface area (TPSA) is 80.2 Å². The Labute approximate surface area is 171 Å². The van der Waals surface area contributed by atoms with Crippen LogP contribution in [-0.2, 0) is 4.79 Å². The first-order valence-corrected chi connectivity index (χ1v) is 9.35. The third-order valence-electron chi connectivity index (χ3n) is 3.53. The van der Waals surface area contributed by atoms with Crippen LogP contribution in [0.3, 0.4) is 0 Å². The Morgan fingerprint density at radius 2 is 1.93 bits per heavy atom. The van der Waals surface area contributed by atoms with E-state index in [2.05, 4.69) is 26.5 Å². The first-order chi connectivity index (χ1) is 12.8. The highest BCUT2D eigenvalue weighted by molar-refractivity contribution is 9.10. The van der Waals surface area contributed by atoms with Gasteiger partial charge in [0.05, 0.1) is 17.3 Å². The number of carbonyl (C=O) groups excluding carboxylic acids is 1. The summed E-state index contributed by atoms with van der Waals surface area (Å²) in [6.45, 7) is 5.80. The predicted octanol–water partition coefficient (Wildman–Crippen LogP) is 4.35. The van der Waals surface area contributed by atoms with Crippen molar-refractivity contribution in [2.45, 2.75) is 20.8 Å². The summed E-state index contributed by atoms with van der Waals surface area (Å²) >= 11 is 9.36. The van der Waals surface area contributed by atoms with Gasteiger partial charge in [0.15, 0.2) is 18.1 Å². The van der Waals surface area contributed by atoms with Crippen LogP contribution in [0.25, 0.3) is 0 Å². The molecule has 2 aromatic carbocycles. The maximum absolute atomic E-state index is 11.9. The third kappa shape index (κ3) is 5.87. The number of hydrogen-bond donors (Lipinski definition) is 2. The van der Waals surface area contributed by atoms with Gasteiger partial charge in [0.1, 0.15) is 5.75 Å². The molecule has 0 aliphatic heterocycles.